The number of halogens is 1. The second-order valence-corrected chi connectivity index (χ2v) is 9.16. The van der Waals surface area contributed by atoms with Gasteiger partial charge < -0.3 is 14.2 Å². The van der Waals surface area contributed by atoms with Crippen molar-refractivity contribution < 1.29 is 23.4 Å². The molecule has 2 aromatic heterocycles. The molecule has 0 bridgehead atoms. The SMILES string of the molecule is CCOc1cc([C@H]2CC[C@@H](COc3cc(C(CC(=O)OC)C4CC4)ccn3)CC2)c(F)cn1. The Bertz CT molecular complexity index is 942. The maximum atomic E-state index is 14.3. The van der Waals surface area contributed by atoms with Crippen LogP contribution in [0.5, 0.6) is 11.8 Å². The lowest BCUT2D eigenvalue weighted by molar-refractivity contribution is -0.141. The molecule has 2 heterocycles. The third-order valence-corrected chi connectivity index (χ3v) is 6.90. The fraction of sp³-hybridized carbons (Fsp3) is 0.577. The molecule has 4 rings (SSSR count). The van der Waals surface area contributed by atoms with Crippen LogP contribution in [0.4, 0.5) is 4.39 Å². The van der Waals surface area contributed by atoms with Crippen LogP contribution in [0.2, 0.25) is 0 Å². The molecule has 0 aromatic carbocycles. The van der Waals surface area contributed by atoms with Crippen molar-refractivity contribution in [1.82, 2.24) is 9.97 Å². The fourth-order valence-corrected chi connectivity index (χ4v) is 4.87. The molecule has 0 N–H and O–H groups in total. The van der Waals surface area contributed by atoms with Gasteiger partial charge in [0.05, 0.1) is 32.9 Å². The summed E-state index contributed by atoms with van der Waals surface area (Å²) in [7, 11) is 1.43. The van der Waals surface area contributed by atoms with Crippen molar-refractivity contribution in [2.24, 2.45) is 11.8 Å². The normalized spacial score (nSPS) is 21.3. The minimum atomic E-state index is -0.253. The van der Waals surface area contributed by atoms with Crippen LogP contribution in [0.1, 0.15) is 74.8 Å². The Hall–Kier alpha value is -2.70. The standard InChI is InChI=1S/C26H33FN2O4/c1-3-32-25-13-22(23(27)15-29-25)19-6-4-17(5-7-19)16-33-24-12-20(10-11-28-24)21(18-8-9-18)14-26(30)31-2/h10-13,15,17-19,21H,3-9,14,16H2,1-2H3/t17-,19+,21?. The molecule has 0 saturated heterocycles. The van der Waals surface area contributed by atoms with Gasteiger partial charge in [-0.25, -0.2) is 14.4 Å². The van der Waals surface area contributed by atoms with E-state index in [2.05, 4.69) is 9.97 Å². The molecule has 1 atom stereocenters. The van der Waals surface area contributed by atoms with Crippen molar-refractivity contribution in [1.29, 1.82) is 0 Å². The number of aromatic nitrogens is 2. The number of pyridine rings is 2. The number of hydrogen-bond donors (Lipinski definition) is 0. The molecule has 2 aliphatic carbocycles. The van der Waals surface area contributed by atoms with Crippen LogP contribution < -0.4 is 9.47 Å². The molecule has 6 nitrogen and oxygen atoms in total. The molecular formula is C26H33FN2O4. The van der Waals surface area contributed by atoms with Gasteiger partial charge in [-0.15, -0.1) is 0 Å². The summed E-state index contributed by atoms with van der Waals surface area (Å²) in [6.07, 6.45) is 9.49. The number of carbonyl (C=O) groups excluding carboxylic acids is 1. The predicted molar refractivity (Wildman–Crippen MR) is 122 cm³/mol. The van der Waals surface area contributed by atoms with Gasteiger partial charge in [-0.1, -0.05) is 0 Å². The van der Waals surface area contributed by atoms with E-state index in [4.69, 9.17) is 14.2 Å². The summed E-state index contributed by atoms with van der Waals surface area (Å²) in [5.41, 5.74) is 1.80. The Labute approximate surface area is 194 Å². The third kappa shape index (κ3) is 6.21. The summed E-state index contributed by atoms with van der Waals surface area (Å²) < 4.78 is 30.7. The maximum absolute atomic E-state index is 14.3. The highest BCUT2D eigenvalue weighted by Crippen LogP contribution is 2.45. The van der Waals surface area contributed by atoms with Gasteiger partial charge in [0.2, 0.25) is 11.8 Å². The van der Waals surface area contributed by atoms with Crippen LogP contribution >= 0.6 is 0 Å². The summed E-state index contributed by atoms with van der Waals surface area (Å²) in [4.78, 5) is 20.2. The van der Waals surface area contributed by atoms with E-state index in [0.717, 1.165) is 44.1 Å². The van der Waals surface area contributed by atoms with Gasteiger partial charge in [0, 0.05) is 18.3 Å². The molecule has 1 unspecified atom stereocenters. The molecule has 33 heavy (non-hydrogen) atoms. The van der Waals surface area contributed by atoms with Crippen LogP contribution in [0, 0.1) is 17.7 Å². The van der Waals surface area contributed by atoms with Gasteiger partial charge in [-0.3, -0.25) is 4.79 Å². The molecule has 178 valence electrons. The van der Waals surface area contributed by atoms with Gasteiger partial charge in [0.1, 0.15) is 5.82 Å². The predicted octanol–water partition coefficient (Wildman–Crippen LogP) is 5.42. The molecule has 0 spiro atoms. The Morgan fingerprint density at radius 1 is 1.09 bits per heavy atom. The average molecular weight is 457 g/mol. The van der Waals surface area contributed by atoms with E-state index in [1.165, 1.54) is 13.3 Å². The minimum absolute atomic E-state index is 0.162. The van der Waals surface area contributed by atoms with E-state index in [0.29, 0.717) is 48.8 Å². The lowest BCUT2D eigenvalue weighted by Gasteiger charge is -2.29. The minimum Gasteiger partial charge on any atom is -0.478 e. The zero-order valence-electron chi connectivity index (χ0n) is 19.5. The molecule has 2 aliphatic rings. The van der Waals surface area contributed by atoms with Crippen LogP contribution in [-0.2, 0) is 9.53 Å². The largest absolute Gasteiger partial charge is 0.478 e. The second kappa shape index (κ2) is 10.9. The zero-order chi connectivity index (χ0) is 23.2. The first-order valence-corrected chi connectivity index (χ1v) is 12.0. The molecule has 2 fully saturated rings. The van der Waals surface area contributed by atoms with Gasteiger partial charge in [-0.05, 0) is 86.3 Å². The number of rotatable bonds is 10. The number of nitrogens with zero attached hydrogens (tertiary/aromatic N) is 2. The summed E-state index contributed by atoms with van der Waals surface area (Å²) in [6, 6.07) is 5.70. The van der Waals surface area contributed by atoms with E-state index in [1.54, 1.807) is 12.3 Å². The van der Waals surface area contributed by atoms with E-state index in [9.17, 15) is 9.18 Å². The second-order valence-electron chi connectivity index (χ2n) is 9.16. The van der Waals surface area contributed by atoms with E-state index < -0.39 is 0 Å². The van der Waals surface area contributed by atoms with Crippen LogP contribution in [0.3, 0.4) is 0 Å². The van der Waals surface area contributed by atoms with E-state index in [-0.39, 0.29) is 23.6 Å². The molecule has 0 radical (unpaired) electrons. The number of hydrogen-bond acceptors (Lipinski definition) is 6. The van der Waals surface area contributed by atoms with Gasteiger partial charge in [0.25, 0.3) is 0 Å². The number of carbonyl (C=O) groups is 1. The Morgan fingerprint density at radius 3 is 2.55 bits per heavy atom. The quantitative estimate of drug-likeness (QED) is 0.445. The summed E-state index contributed by atoms with van der Waals surface area (Å²) >= 11 is 0. The molecular weight excluding hydrogens is 423 g/mol. The number of ether oxygens (including phenoxy) is 3. The first-order valence-electron chi connectivity index (χ1n) is 12.0. The highest BCUT2D eigenvalue weighted by Gasteiger charge is 2.34. The van der Waals surface area contributed by atoms with Crippen molar-refractivity contribution in [2.75, 3.05) is 20.3 Å². The molecule has 2 aromatic rings. The van der Waals surface area contributed by atoms with Crippen LogP contribution in [-0.4, -0.2) is 36.3 Å². The molecule has 0 aliphatic heterocycles. The van der Waals surface area contributed by atoms with E-state index in [1.807, 2.05) is 19.1 Å². The Kier molecular flexibility index (Phi) is 7.78. The van der Waals surface area contributed by atoms with Crippen molar-refractivity contribution >= 4 is 5.97 Å². The first kappa shape index (κ1) is 23.5. The molecule has 7 heteroatoms. The van der Waals surface area contributed by atoms with Crippen molar-refractivity contribution in [3.05, 3.63) is 47.5 Å². The smallest absolute Gasteiger partial charge is 0.306 e. The fourth-order valence-electron chi connectivity index (χ4n) is 4.87. The number of esters is 1. The van der Waals surface area contributed by atoms with Gasteiger partial charge in [-0.2, -0.15) is 0 Å². The molecule has 2 saturated carbocycles. The van der Waals surface area contributed by atoms with E-state index >= 15 is 0 Å². The average Bonchev–Trinajstić information content (AvgIpc) is 3.68. The third-order valence-electron chi connectivity index (χ3n) is 6.90. The van der Waals surface area contributed by atoms with Gasteiger partial charge in [0.15, 0.2) is 0 Å². The Balaban J connectivity index is 1.31. The summed E-state index contributed by atoms with van der Waals surface area (Å²) in [5, 5.41) is 0. The highest BCUT2D eigenvalue weighted by molar-refractivity contribution is 5.70. The lowest BCUT2D eigenvalue weighted by atomic mass is 9.79. The maximum Gasteiger partial charge on any atom is 0.306 e. The number of methoxy groups -OCH3 is 1. The van der Waals surface area contributed by atoms with Gasteiger partial charge >= 0.3 is 5.97 Å². The summed E-state index contributed by atoms with van der Waals surface area (Å²) in [6.45, 7) is 3.00. The monoisotopic (exact) mass is 456 g/mol. The first-order chi connectivity index (χ1) is 16.1. The van der Waals surface area contributed by atoms with Crippen molar-refractivity contribution in [3.63, 3.8) is 0 Å². The van der Waals surface area contributed by atoms with Crippen molar-refractivity contribution in [2.45, 2.75) is 63.7 Å². The topological polar surface area (TPSA) is 70.5 Å². The van der Waals surface area contributed by atoms with Crippen LogP contribution in [0.15, 0.2) is 30.6 Å². The molecule has 0 amide bonds. The highest BCUT2D eigenvalue weighted by atomic mass is 19.1. The Morgan fingerprint density at radius 2 is 1.85 bits per heavy atom. The van der Waals surface area contributed by atoms with Crippen molar-refractivity contribution in [3.8, 4) is 11.8 Å². The summed E-state index contributed by atoms with van der Waals surface area (Å²) in [5.74, 6) is 1.95. The van der Waals surface area contributed by atoms with Crippen LogP contribution in [0.25, 0.3) is 0 Å². The lowest BCUT2D eigenvalue weighted by Crippen LogP contribution is -2.20. The zero-order valence-corrected chi connectivity index (χ0v) is 19.5.